The minimum absolute atomic E-state index is 0.0321. The van der Waals surface area contributed by atoms with Crippen molar-refractivity contribution >= 4 is 61.9 Å². The number of halogens is 1. The Morgan fingerprint density at radius 3 is 2.78 bits per heavy atom. The average Bonchev–Trinajstić information content (AvgIpc) is 3.56. The smallest absolute Gasteiger partial charge is 0.226 e. The zero-order valence-electron chi connectivity index (χ0n) is 19.1. The number of nitrogens with zero attached hydrogens (tertiary/aromatic N) is 5. The molecule has 190 valence electrons. The third-order valence-electron chi connectivity index (χ3n) is 6.74. The van der Waals surface area contributed by atoms with Crippen LogP contribution < -0.4 is 5.32 Å². The monoisotopic (exact) mass is 548 g/mol. The maximum atomic E-state index is 10.5. The van der Waals surface area contributed by atoms with Crippen LogP contribution in [0.5, 0.6) is 0 Å². The van der Waals surface area contributed by atoms with E-state index < -0.39 is 31.1 Å². The van der Waals surface area contributed by atoms with Gasteiger partial charge in [0.05, 0.1) is 23.2 Å². The minimum Gasteiger partial charge on any atom is -0.394 e. The molecule has 0 amide bonds. The van der Waals surface area contributed by atoms with Gasteiger partial charge in [0.1, 0.15) is 18.3 Å². The first-order valence-corrected chi connectivity index (χ1v) is 13.9. The van der Waals surface area contributed by atoms with E-state index in [0.29, 0.717) is 22.2 Å². The Labute approximate surface area is 219 Å². The van der Waals surface area contributed by atoms with Gasteiger partial charge in [-0.2, -0.15) is 9.97 Å². The van der Waals surface area contributed by atoms with Crippen molar-refractivity contribution in [2.24, 2.45) is 0 Å². The van der Waals surface area contributed by atoms with Gasteiger partial charge in [0.25, 0.3) is 0 Å². The molecular weight excluding hydrogens is 524 g/mol. The molecule has 0 spiro atoms. The largest absolute Gasteiger partial charge is 0.394 e. The van der Waals surface area contributed by atoms with E-state index in [1.54, 1.807) is 23.1 Å². The van der Waals surface area contributed by atoms with Crippen molar-refractivity contribution in [3.05, 3.63) is 35.9 Å². The number of rotatable bonds is 6. The number of benzene rings is 1. The number of thioether (sulfide) groups is 1. The van der Waals surface area contributed by atoms with Crippen LogP contribution in [0.1, 0.15) is 31.9 Å². The summed E-state index contributed by atoms with van der Waals surface area (Å²) in [5, 5.41) is 34.0. The standard InChI is InChI=1S/C23H25ClN6O4S2/c24-22-28-19(16-20(29-22)30(10-25-16)21-18(33)17(32)13(9-31)34-21)26-11-5-1-3-7-14(11)35-23-27-12-6-2-4-8-15(12)36-23/h2,4,6,8,10-11,13-14,17-18,21,31-33H,1,3,5,7,9H2,(H,26,28,29)/t11-,13-,14+,17-,18-,21+/m1/s1. The normalized spacial score (nSPS) is 28.8. The fraction of sp³-hybridized carbons (Fsp3) is 0.478. The number of nitrogens with one attached hydrogen (secondary N) is 1. The van der Waals surface area contributed by atoms with Gasteiger partial charge in [0.2, 0.25) is 5.28 Å². The number of para-hydroxylation sites is 1. The fourth-order valence-corrected chi connectivity index (χ4v) is 7.65. The van der Waals surface area contributed by atoms with E-state index in [1.807, 2.05) is 18.2 Å². The Balaban J connectivity index is 1.27. The minimum atomic E-state index is -1.25. The van der Waals surface area contributed by atoms with Gasteiger partial charge in [-0.05, 0) is 36.6 Å². The molecule has 13 heteroatoms. The molecule has 2 aliphatic rings. The second kappa shape index (κ2) is 10.0. The van der Waals surface area contributed by atoms with Crippen molar-refractivity contribution in [2.45, 2.75) is 65.9 Å². The third-order valence-corrected chi connectivity index (χ3v) is 9.44. The van der Waals surface area contributed by atoms with Crippen LogP contribution >= 0.6 is 34.7 Å². The average molecular weight is 549 g/mol. The van der Waals surface area contributed by atoms with Gasteiger partial charge in [0, 0.05) is 11.3 Å². The lowest BCUT2D eigenvalue weighted by atomic mass is 9.95. The Morgan fingerprint density at radius 1 is 1.14 bits per heavy atom. The second-order valence-electron chi connectivity index (χ2n) is 9.03. The topological polar surface area (TPSA) is 138 Å². The van der Waals surface area contributed by atoms with E-state index in [4.69, 9.17) is 21.3 Å². The van der Waals surface area contributed by atoms with Crippen LogP contribution in [0.4, 0.5) is 5.82 Å². The first-order valence-electron chi connectivity index (χ1n) is 11.8. The van der Waals surface area contributed by atoms with Crippen LogP contribution in [0.15, 0.2) is 34.9 Å². The highest BCUT2D eigenvalue weighted by Crippen LogP contribution is 2.39. The molecule has 36 heavy (non-hydrogen) atoms. The molecular formula is C23H25ClN6O4S2. The molecule has 2 fully saturated rings. The zero-order valence-corrected chi connectivity index (χ0v) is 21.5. The maximum Gasteiger partial charge on any atom is 0.226 e. The van der Waals surface area contributed by atoms with E-state index in [1.165, 1.54) is 15.6 Å². The van der Waals surface area contributed by atoms with Crippen LogP contribution in [0, 0.1) is 0 Å². The highest BCUT2D eigenvalue weighted by Gasteiger charge is 2.44. The van der Waals surface area contributed by atoms with Gasteiger partial charge >= 0.3 is 0 Å². The lowest BCUT2D eigenvalue weighted by molar-refractivity contribution is -0.0511. The molecule has 4 N–H and O–H groups in total. The Bertz CT molecular complexity index is 1350. The fourth-order valence-electron chi connectivity index (χ4n) is 4.90. The molecule has 0 unspecified atom stereocenters. The molecule has 1 saturated carbocycles. The molecule has 1 aliphatic heterocycles. The summed E-state index contributed by atoms with van der Waals surface area (Å²) in [5.41, 5.74) is 1.88. The summed E-state index contributed by atoms with van der Waals surface area (Å²) in [6, 6.07) is 8.30. The van der Waals surface area contributed by atoms with Crippen molar-refractivity contribution in [2.75, 3.05) is 11.9 Å². The van der Waals surface area contributed by atoms with Crippen LogP contribution in [0.3, 0.4) is 0 Å². The van der Waals surface area contributed by atoms with Crippen LogP contribution in [-0.4, -0.2) is 76.0 Å². The Morgan fingerprint density at radius 2 is 1.97 bits per heavy atom. The summed E-state index contributed by atoms with van der Waals surface area (Å²) in [7, 11) is 0. The number of hydrogen-bond donors (Lipinski definition) is 4. The van der Waals surface area contributed by atoms with Crippen LogP contribution in [-0.2, 0) is 4.74 Å². The molecule has 0 bridgehead atoms. The predicted octanol–water partition coefficient (Wildman–Crippen LogP) is 3.22. The van der Waals surface area contributed by atoms with Crippen molar-refractivity contribution in [3.8, 4) is 0 Å². The zero-order chi connectivity index (χ0) is 24.8. The summed E-state index contributed by atoms with van der Waals surface area (Å²) < 4.78 is 9.42. The third kappa shape index (κ3) is 4.44. The predicted molar refractivity (Wildman–Crippen MR) is 138 cm³/mol. The number of aromatic nitrogens is 5. The number of anilines is 1. The number of aliphatic hydroxyl groups is 3. The highest BCUT2D eigenvalue weighted by atomic mass is 35.5. The van der Waals surface area contributed by atoms with E-state index >= 15 is 0 Å². The SMILES string of the molecule is OC[C@H]1O[C@H](n2cnc3c(N[C@@H]4CCCC[C@@H]4Sc4nc5ccccc5s4)nc(Cl)nc32)[C@H](O)[C@@H]1O. The van der Waals surface area contributed by atoms with Gasteiger partial charge in [-0.3, -0.25) is 4.57 Å². The summed E-state index contributed by atoms with van der Waals surface area (Å²) in [4.78, 5) is 18.0. The van der Waals surface area contributed by atoms with E-state index in [9.17, 15) is 15.3 Å². The lowest BCUT2D eigenvalue weighted by Crippen LogP contribution is -2.34. The first-order chi connectivity index (χ1) is 17.5. The van der Waals surface area contributed by atoms with Gasteiger partial charge in [0.15, 0.2) is 27.5 Å². The van der Waals surface area contributed by atoms with Crippen molar-refractivity contribution < 1.29 is 20.1 Å². The highest BCUT2D eigenvalue weighted by molar-refractivity contribution is 8.01. The number of ether oxygens (including phenoxy) is 1. The molecule has 1 saturated heterocycles. The number of fused-ring (bicyclic) bond motifs is 2. The number of imidazole rings is 1. The van der Waals surface area contributed by atoms with Crippen molar-refractivity contribution in [1.82, 2.24) is 24.5 Å². The summed E-state index contributed by atoms with van der Waals surface area (Å²) >= 11 is 9.80. The van der Waals surface area contributed by atoms with E-state index in [2.05, 4.69) is 26.3 Å². The van der Waals surface area contributed by atoms with Gasteiger partial charge in [-0.15, -0.1) is 11.3 Å². The van der Waals surface area contributed by atoms with Gasteiger partial charge < -0.3 is 25.4 Å². The number of thiazole rings is 1. The first kappa shape index (κ1) is 24.3. The maximum absolute atomic E-state index is 10.5. The van der Waals surface area contributed by atoms with E-state index in [0.717, 1.165) is 35.5 Å². The summed E-state index contributed by atoms with van der Waals surface area (Å²) in [5.74, 6) is 0.511. The van der Waals surface area contributed by atoms with E-state index in [-0.39, 0.29) is 11.3 Å². The number of hydrogen-bond acceptors (Lipinski definition) is 11. The van der Waals surface area contributed by atoms with Crippen molar-refractivity contribution in [1.29, 1.82) is 0 Å². The molecule has 6 atom stereocenters. The van der Waals surface area contributed by atoms with Gasteiger partial charge in [-0.1, -0.05) is 36.7 Å². The molecule has 6 rings (SSSR count). The molecule has 3 aromatic heterocycles. The van der Waals surface area contributed by atoms with Crippen LogP contribution in [0.2, 0.25) is 5.28 Å². The Kier molecular flexibility index (Phi) is 6.75. The van der Waals surface area contributed by atoms with Gasteiger partial charge in [-0.25, -0.2) is 9.97 Å². The summed E-state index contributed by atoms with van der Waals surface area (Å²) in [6.45, 7) is -0.417. The quantitative estimate of drug-likeness (QED) is 0.266. The number of aliphatic hydroxyl groups excluding tert-OH is 3. The molecule has 1 aromatic carbocycles. The molecule has 1 aliphatic carbocycles. The molecule has 0 radical (unpaired) electrons. The lowest BCUT2D eigenvalue weighted by Gasteiger charge is -2.31. The second-order valence-corrected chi connectivity index (χ2v) is 11.9. The molecule has 4 heterocycles. The van der Waals surface area contributed by atoms with Crippen LogP contribution in [0.25, 0.3) is 21.4 Å². The van der Waals surface area contributed by atoms with Crippen molar-refractivity contribution in [3.63, 3.8) is 0 Å². The molecule has 10 nitrogen and oxygen atoms in total. The Hall–Kier alpha value is -2.06. The molecule has 4 aromatic rings. The summed E-state index contributed by atoms with van der Waals surface area (Å²) in [6.07, 6.45) is 1.42.